The molecule has 8 heteroatoms. The SMILES string of the molecule is CCN(CC(=O)Nc1ccc(N2CCOCC2)cc1)C(=O)c1cnn(-c2ccc(C)cc2)c1C(C)C. The van der Waals surface area contributed by atoms with Crippen LogP contribution in [-0.4, -0.2) is 65.9 Å². The number of ether oxygens (including phenoxy) is 1. The van der Waals surface area contributed by atoms with E-state index in [0.29, 0.717) is 17.8 Å². The first-order valence-corrected chi connectivity index (χ1v) is 12.5. The lowest BCUT2D eigenvalue weighted by molar-refractivity contribution is -0.116. The Morgan fingerprint density at radius 3 is 2.28 bits per heavy atom. The monoisotopic (exact) mass is 489 g/mol. The highest BCUT2D eigenvalue weighted by atomic mass is 16.5. The number of likely N-dealkylation sites (N-methyl/N-ethyl adjacent to an activating group) is 1. The molecule has 190 valence electrons. The van der Waals surface area contributed by atoms with Gasteiger partial charge >= 0.3 is 0 Å². The lowest BCUT2D eigenvalue weighted by Crippen LogP contribution is -2.38. The molecule has 0 unspecified atom stereocenters. The summed E-state index contributed by atoms with van der Waals surface area (Å²) in [6.07, 6.45) is 1.61. The van der Waals surface area contributed by atoms with Crippen molar-refractivity contribution in [3.8, 4) is 5.69 Å². The molecule has 0 aliphatic carbocycles. The summed E-state index contributed by atoms with van der Waals surface area (Å²) in [5, 5.41) is 7.45. The first kappa shape index (κ1) is 25.4. The molecule has 1 aromatic heterocycles. The van der Waals surface area contributed by atoms with E-state index in [1.807, 2.05) is 80.9 Å². The number of amides is 2. The number of nitrogens with one attached hydrogen (secondary N) is 1. The number of anilines is 2. The van der Waals surface area contributed by atoms with Crippen LogP contribution >= 0.6 is 0 Å². The normalized spacial score (nSPS) is 13.6. The molecule has 36 heavy (non-hydrogen) atoms. The van der Waals surface area contributed by atoms with Gasteiger partial charge in [0.2, 0.25) is 5.91 Å². The molecule has 3 aromatic rings. The minimum absolute atomic E-state index is 0.0339. The van der Waals surface area contributed by atoms with Crippen LogP contribution in [0.1, 0.15) is 48.3 Å². The third kappa shape index (κ3) is 5.76. The zero-order chi connectivity index (χ0) is 25.7. The molecule has 1 saturated heterocycles. The van der Waals surface area contributed by atoms with Crippen LogP contribution in [0.15, 0.2) is 54.7 Å². The molecule has 0 spiro atoms. The van der Waals surface area contributed by atoms with Crippen molar-refractivity contribution in [1.82, 2.24) is 14.7 Å². The lowest BCUT2D eigenvalue weighted by atomic mass is 10.0. The number of morpholine rings is 1. The van der Waals surface area contributed by atoms with Crippen molar-refractivity contribution in [1.29, 1.82) is 0 Å². The van der Waals surface area contributed by atoms with Crippen LogP contribution in [0.25, 0.3) is 5.69 Å². The molecule has 1 N–H and O–H groups in total. The Kier molecular flexibility index (Phi) is 8.05. The van der Waals surface area contributed by atoms with Gasteiger partial charge in [-0.25, -0.2) is 4.68 Å². The second-order valence-electron chi connectivity index (χ2n) is 9.36. The molecule has 0 saturated carbocycles. The molecule has 2 amide bonds. The molecule has 0 bridgehead atoms. The van der Waals surface area contributed by atoms with E-state index in [2.05, 4.69) is 15.3 Å². The summed E-state index contributed by atoms with van der Waals surface area (Å²) in [6.45, 7) is 11.5. The maximum atomic E-state index is 13.5. The highest BCUT2D eigenvalue weighted by Gasteiger charge is 2.25. The largest absolute Gasteiger partial charge is 0.378 e. The molecule has 4 rings (SSSR count). The highest BCUT2D eigenvalue weighted by Crippen LogP contribution is 2.25. The van der Waals surface area contributed by atoms with E-state index in [4.69, 9.17) is 4.74 Å². The van der Waals surface area contributed by atoms with Crippen molar-refractivity contribution in [3.63, 3.8) is 0 Å². The van der Waals surface area contributed by atoms with Crippen molar-refractivity contribution < 1.29 is 14.3 Å². The van der Waals surface area contributed by atoms with Gasteiger partial charge in [-0.1, -0.05) is 31.5 Å². The Morgan fingerprint density at radius 1 is 1.03 bits per heavy atom. The van der Waals surface area contributed by atoms with Crippen LogP contribution in [-0.2, 0) is 9.53 Å². The van der Waals surface area contributed by atoms with Crippen LogP contribution < -0.4 is 10.2 Å². The van der Waals surface area contributed by atoms with Crippen LogP contribution in [0.5, 0.6) is 0 Å². The average Bonchev–Trinajstić information content (AvgIpc) is 3.34. The fourth-order valence-electron chi connectivity index (χ4n) is 4.42. The number of carbonyl (C=O) groups is 2. The van der Waals surface area contributed by atoms with Gasteiger partial charge in [-0.15, -0.1) is 0 Å². The number of hydrogen-bond acceptors (Lipinski definition) is 5. The summed E-state index contributed by atoms with van der Waals surface area (Å²) in [5.74, 6) is -0.357. The third-order valence-corrected chi connectivity index (χ3v) is 6.39. The predicted molar refractivity (Wildman–Crippen MR) is 142 cm³/mol. The number of benzene rings is 2. The van der Waals surface area contributed by atoms with Crippen LogP contribution in [0.3, 0.4) is 0 Å². The van der Waals surface area contributed by atoms with Crippen molar-refractivity contribution in [2.75, 3.05) is 49.6 Å². The number of carbonyl (C=O) groups excluding carboxylic acids is 2. The topological polar surface area (TPSA) is 79.7 Å². The molecule has 8 nitrogen and oxygen atoms in total. The van der Waals surface area contributed by atoms with Crippen molar-refractivity contribution in [2.24, 2.45) is 0 Å². The van der Waals surface area contributed by atoms with Gasteiger partial charge in [0.25, 0.3) is 5.91 Å². The van der Waals surface area contributed by atoms with E-state index in [-0.39, 0.29) is 24.3 Å². The van der Waals surface area contributed by atoms with Gasteiger partial charge in [0, 0.05) is 31.0 Å². The summed E-state index contributed by atoms with van der Waals surface area (Å²) in [4.78, 5) is 30.1. The number of rotatable bonds is 8. The summed E-state index contributed by atoms with van der Waals surface area (Å²) >= 11 is 0. The van der Waals surface area contributed by atoms with Crippen LogP contribution in [0.4, 0.5) is 11.4 Å². The Labute approximate surface area is 212 Å². The summed E-state index contributed by atoms with van der Waals surface area (Å²) in [6, 6.07) is 15.8. The van der Waals surface area contributed by atoms with E-state index in [1.165, 1.54) is 0 Å². The van der Waals surface area contributed by atoms with Crippen molar-refractivity contribution in [3.05, 3.63) is 71.5 Å². The average molecular weight is 490 g/mol. The fraction of sp³-hybridized carbons (Fsp3) is 0.393. The lowest BCUT2D eigenvalue weighted by Gasteiger charge is -2.29. The smallest absolute Gasteiger partial charge is 0.257 e. The minimum atomic E-state index is -0.235. The van der Waals surface area contributed by atoms with Gasteiger partial charge in [-0.05, 0) is 56.2 Å². The number of aromatic nitrogens is 2. The van der Waals surface area contributed by atoms with Gasteiger partial charge in [-0.2, -0.15) is 5.10 Å². The number of nitrogens with zero attached hydrogens (tertiary/aromatic N) is 4. The van der Waals surface area contributed by atoms with E-state index < -0.39 is 0 Å². The third-order valence-electron chi connectivity index (χ3n) is 6.39. The predicted octanol–water partition coefficient (Wildman–Crippen LogP) is 4.24. The van der Waals surface area contributed by atoms with E-state index in [1.54, 1.807) is 11.1 Å². The minimum Gasteiger partial charge on any atom is -0.378 e. The van der Waals surface area contributed by atoms with Gasteiger partial charge in [0.15, 0.2) is 0 Å². The fourth-order valence-corrected chi connectivity index (χ4v) is 4.42. The molecule has 1 fully saturated rings. The quantitative estimate of drug-likeness (QED) is 0.512. The zero-order valence-electron chi connectivity index (χ0n) is 21.5. The second kappa shape index (κ2) is 11.4. The maximum absolute atomic E-state index is 13.5. The van der Waals surface area contributed by atoms with Gasteiger partial charge in [0.05, 0.1) is 36.4 Å². The number of hydrogen-bond donors (Lipinski definition) is 1. The van der Waals surface area contributed by atoms with E-state index in [0.717, 1.165) is 48.9 Å². The molecule has 1 aliphatic heterocycles. The Hall–Kier alpha value is -3.65. The first-order valence-electron chi connectivity index (χ1n) is 12.5. The molecular weight excluding hydrogens is 454 g/mol. The second-order valence-corrected chi connectivity index (χ2v) is 9.36. The van der Waals surface area contributed by atoms with Gasteiger partial charge in [-0.3, -0.25) is 9.59 Å². The molecule has 2 heterocycles. The molecule has 0 radical (unpaired) electrons. The molecular formula is C28H35N5O3. The van der Waals surface area contributed by atoms with E-state index >= 15 is 0 Å². The summed E-state index contributed by atoms with van der Waals surface area (Å²) in [7, 11) is 0. The van der Waals surface area contributed by atoms with E-state index in [9.17, 15) is 9.59 Å². The van der Waals surface area contributed by atoms with Crippen molar-refractivity contribution in [2.45, 2.75) is 33.6 Å². The first-order chi connectivity index (χ1) is 17.4. The standard InChI is InChI=1S/C28H35N5O3/c1-5-31(19-26(34)30-22-8-12-23(13-9-22)32-14-16-36-17-15-32)28(35)25-18-29-33(27(25)20(2)3)24-10-6-21(4)7-11-24/h6-13,18,20H,5,14-17,19H2,1-4H3,(H,30,34). The van der Waals surface area contributed by atoms with Crippen LogP contribution in [0.2, 0.25) is 0 Å². The van der Waals surface area contributed by atoms with Gasteiger partial charge in [0.1, 0.15) is 6.54 Å². The Morgan fingerprint density at radius 2 is 1.67 bits per heavy atom. The molecule has 0 atom stereocenters. The molecule has 1 aliphatic rings. The number of aryl methyl sites for hydroxylation is 1. The summed E-state index contributed by atoms with van der Waals surface area (Å²) < 4.78 is 7.23. The Balaban J connectivity index is 1.45. The van der Waals surface area contributed by atoms with Crippen molar-refractivity contribution >= 4 is 23.2 Å². The summed E-state index contributed by atoms with van der Waals surface area (Å²) in [5.41, 5.74) is 5.23. The molecule has 2 aromatic carbocycles. The zero-order valence-corrected chi connectivity index (χ0v) is 21.5. The van der Waals surface area contributed by atoms with Gasteiger partial charge < -0.3 is 19.9 Å². The Bertz CT molecular complexity index is 1180. The van der Waals surface area contributed by atoms with Crippen LogP contribution in [0, 0.1) is 6.92 Å². The highest BCUT2D eigenvalue weighted by molar-refractivity contribution is 6.00. The maximum Gasteiger partial charge on any atom is 0.257 e.